The molecule has 1 aromatic rings. The Kier molecular flexibility index (Phi) is 3.18. The molecular formula is C13H21N5O. The Morgan fingerprint density at radius 1 is 1.47 bits per heavy atom. The fourth-order valence-corrected chi connectivity index (χ4v) is 2.55. The van der Waals surface area contributed by atoms with Crippen molar-refractivity contribution >= 4 is 11.6 Å². The highest BCUT2D eigenvalue weighted by Crippen LogP contribution is 2.37. The molecule has 2 aliphatic rings. The Balaban J connectivity index is 1.86. The number of rotatable bonds is 2. The predicted octanol–water partition coefficient (Wildman–Crippen LogP) is 0.843. The number of fused-ring (bicyclic) bond motifs is 1. The summed E-state index contributed by atoms with van der Waals surface area (Å²) in [6.45, 7) is 6.77. The Labute approximate surface area is 113 Å². The van der Waals surface area contributed by atoms with Crippen LogP contribution in [-0.4, -0.2) is 41.7 Å². The maximum absolute atomic E-state index is 5.96. The van der Waals surface area contributed by atoms with Gasteiger partial charge in [-0.05, 0) is 12.3 Å². The van der Waals surface area contributed by atoms with E-state index in [1.807, 2.05) is 0 Å². The summed E-state index contributed by atoms with van der Waals surface area (Å²) in [7, 11) is 0. The highest BCUT2D eigenvalue weighted by Gasteiger charge is 2.29. The van der Waals surface area contributed by atoms with E-state index in [0.717, 1.165) is 36.9 Å². The SMILES string of the molecule is CC(C)[C@@H]1COc2c(ncnc2N2CC[C@@H](N)C2)N1. The zero-order valence-electron chi connectivity index (χ0n) is 11.5. The third-order valence-electron chi connectivity index (χ3n) is 3.84. The first-order valence-electron chi connectivity index (χ1n) is 6.90. The van der Waals surface area contributed by atoms with Crippen molar-refractivity contribution in [2.45, 2.75) is 32.4 Å². The molecule has 2 atom stereocenters. The minimum atomic E-state index is 0.227. The monoisotopic (exact) mass is 263 g/mol. The van der Waals surface area contributed by atoms with E-state index in [0.29, 0.717) is 18.6 Å². The first-order valence-corrected chi connectivity index (χ1v) is 6.90. The van der Waals surface area contributed by atoms with Crippen LogP contribution in [0.5, 0.6) is 5.75 Å². The molecule has 6 heteroatoms. The van der Waals surface area contributed by atoms with Crippen LogP contribution in [0.25, 0.3) is 0 Å². The van der Waals surface area contributed by atoms with Crippen LogP contribution in [0.4, 0.5) is 11.6 Å². The number of ether oxygens (including phenoxy) is 1. The van der Waals surface area contributed by atoms with Crippen molar-refractivity contribution in [2.24, 2.45) is 11.7 Å². The van der Waals surface area contributed by atoms with Crippen molar-refractivity contribution in [3.05, 3.63) is 6.33 Å². The summed E-state index contributed by atoms with van der Waals surface area (Å²) < 4.78 is 5.91. The van der Waals surface area contributed by atoms with Gasteiger partial charge in [0.2, 0.25) is 5.75 Å². The lowest BCUT2D eigenvalue weighted by Gasteiger charge is -2.31. The van der Waals surface area contributed by atoms with Gasteiger partial charge in [0.15, 0.2) is 11.6 Å². The number of anilines is 2. The topological polar surface area (TPSA) is 76.3 Å². The van der Waals surface area contributed by atoms with Gasteiger partial charge in [0.05, 0.1) is 6.04 Å². The van der Waals surface area contributed by atoms with Crippen molar-refractivity contribution in [1.29, 1.82) is 0 Å². The molecule has 1 aromatic heterocycles. The molecule has 0 aliphatic carbocycles. The van der Waals surface area contributed by atoms with E-state index in [-0.39, 0.29) is 6.04 Å². The van der Waals surface area contributed by atoms with Gasteiger partial charge in [0.1, 0.15) is 12.9 Å². The maximum atomic E-state index is 5.96. The number of nitrogens with two attached hydrogens (primary N) is 1. The molecule has 0 amide bonds. The quantitative estimate of drug-likeness (QED) is 0.823. The highest BCUT2D eigenvalue weighted by atomic mass is 16.5. The van der Waals surface area contributed by atoms with Gasteiger partial charge < -0.3 is 20.7 Å². The zero-order valence-corrected chi connectivity index (χ0v) is 11.5. The van der Waals surface area contributed by atoms with E-state index in [9.17, 15) is 0 Å². The minimum Gasteiger partial charge on any atom is -0.484 e. The smallest absolute Gasteiger partial charge is 0.204 e. The van der Waals surface area contributed by atoms with E-state index in [1.54, 1.807) is 6.33 Å². The molecule has 3 heterocycles. The van der Waals surface area contributed by atoms with Gasteiger partial charge in [-0.15, -0.1) is 0 Å². The van der Waals surface area contributed by atoms with Crippen LogP contribution < -0.4 is 20.7 Å². The second-order valence-corrected chi connectivity index (χ2v) is 5.68. The average Bonchev–Trinajstić information content (AvgIpc) is 2.84. The predicted molar refractivity (Wildman–Crippen MR) is 74.6 cm³/mol. The van der Waals surface area contributed by atoms with Gasteiger partial charge in [0, 0.05) is 19.1 Å². The van der Waals surface area contributed by atoms with Crippen LogP contribution in [0.15, 0.2) is 6.33 Å². The fourth-order valence-electron chi connectivity index (χ4n) is 2.55. The van der Waals surface area contributed by atoms with Crippen LogP contribution in [0, 0.1) is 5.92 Å². The molecular weight excluding hydrogens is 242 g/mol. The van der Waals surface area contributed by atoms with Gasteiger partial charge in [-0.2, -0.15) is 0 Å². The summed E-state index contributed by atoms with van der Waals surface area (Å²) in [6, 6.07) is 0.529. The Hall–Kier alpha value is -1.56. The van der Waals surface area contributed by atoms with Crippen LogP contribution >= 0.6 is 0 Å². The summed E-state index contributed by atoms with van der Waals surface area (Å²) in [5.41, 5.74) is 5.96. The normalized spacial score (nSPS) is 26.0. The lowest BCUT2D eigenvalue weighted by atomic mass is 10.0. The van der Waals surface area contributed by atoms with Crippen LogP contribution in [-0.2, 0) is 0 Å². The third kappa shape index (κ3) is 2.32. The molecule has 6 nitrogen and oxygen atoms in total. The molecule has 0 unspecified atom stereocenters. The second-order valence-electron chi connectivity index (χ2n) is 5.68. The van der Waals surface area contributed by atoms with E-state index < -0.39 is 0 Å². The summed E-state index contributed by atoms with van der Waals surface area (Å²) in [4.78, 5) is 10.9. The average molecular weight is 263 g/mol. The molecule has 0 spiro atoms. The van der Waals surface area contributed by atoms with Gasteiger partial charge in [-0.25, -0.2) is 9.97 Å². The standard InChI is InChI=1S/C13H21N5O/c1-8(2)10-6-19-11-12(17-10)15-7-16-13(11)18-4-3-9(14)5-18/h7-10H,3-6,14H2,1-2H3,(H,15,16,17)/t9-,10+/m1/s1. The summed E-state index contributed by atoms with van der Waals surface area (Å²) in [5, 5.41) is 3.44. The number of nitrogens with one attached hydrogen (secondary N) is 1. The van der Waals surface area contributed by atoms with Gasteiger partial charge in [-0.1, -0.05) is 13.8 Å². The number of hydrogen-bond donors (Lipinski definition) is 2. The zero-order chi connectivity index (χ0) is 13.4. The molecule has 0 aromatic carbocycles. The Bertz CT molecular complexity index is 464. The van der Waals surface area contributed by atoms with Crippen LogP contribution in [0.2, 0.25) is 0 Å². The molecule has 2 aliphatic heterocycles. The molecule has 0 radical (unpaired) electrons. The van der Waals surface area contributed by atoms with Gasteiger partial charge >= 0.3 is 0 Å². The molecule has 0 saturated carbocycles. The summed E-state index contributed by atoms with van der Waals surface area (Å²) >= 11 is 0. The lowest BCUT2D eigenvalue weighted by Crippen LogP contribution is -2.37. The first-order chi connectivity index (χ1) is 9.15. The summed E-state index contributed by atoms with van der Waals surface area (Å²) in [6.07, 6.45) is 2.60. The van der Waals surface area contributed by atoms with Crippen LogP contribution in [0.1, 0.15) is 20.3 Å². The van der Waals surface area contributed by atoms with E-state index >= 15 is 0 Å². The van der Waals surface area contributed by atoms with Crippen molar-refractivity contribution in [2.75, 3.05) is 29.9 Å². The van der Waals surface area contributed by atoms with Crippen molar-refractivity contribution in [3.8, 4) is 5.75 Å². The third-order valence-corrected chi connectivity index (χ3v) is 3.84. The second kappa shape index (κ2) is 4.85. The number of aromatic nitrogens is 2. The van der Waals surface area contributed by atoms with Gasteiger partial charge in [0.25, 0.3) is 0 Å². The van der Waals surface area contributed by atoms with E-state index in [2.05, 4.69) is 34.0 Å². The fraction of sp³-hybridized carbons (Fsp3) is 0.692. The first kappa shape index (κ1) is 12.5. The summed E-state index contributed by atoms with van der Waals surface area (Å²) in [5.74, 6) is 2.95. The van der Waals surface area contributed by atoms with Gasteiger partial charge in [-0.3, -0.25) is 0 Å². The number of hydrogen-bond acceptors (Lipinski definition) is 6. The van der Waals surface area contributed by atoms with Crippen LogP contribution in [0.3, 0.4) is 0 Å². The molecule has 1 fully saturated rings. The lowest BCUT2D eigenvalue weighted by molar-refractivity contribution is 0.255. The molecule has 19 heavy (non-hydrogen) atoms. The maximum Gasteiger partial charge on any atom is 0.204 e. The van der Waals surface area contributed by atoms with Crippen molar-refractivity contribution in [1.82, 2.24) is 9.97 Å². The molecule has 3 rings (SSSR count). The van der Waals surface area contributed by atoms with E-state index in [4.69, 9.17) is 10.5 Å². The Morgan fingerprint density at radius 2 is 2.32 bits per heavy atom. The molecule has 104 valence electrons. The minimum absolute atomic E-state index is 0.227. The molecule has 0 bridgehead atoms. The highest BCUT2D eigenvalue weighted by molar-refractivity contribution is 5.66. The van der Waals surface area contributed by atoms with Crippen molar-refractivity contribution < 1.29 is 4.74 Å². The molecule has 3 N–H and O–H groups in total. The van der Waals surface area contributed by atoms with E-state index in [1.165, 1.54) is 0 Å². The largest absolute Gasteiger partial charge is 0.484 e. The Morgan fingerprint density at radius 3 is 3.00 bits per heavy atom. The molecule has 1 saturated heterocycles. The number of nitrogens with zero attached hydrogens (tertiary/aromatic N) is 3. The van der Waals surface area contributed by atoms with Crippen molar-refractivity contribution in [3.63, 3.8) is 0 Å².